The van der Waals surface area contributed by atoms with E-state index in [2.05, 4.69) is 5.32 Å². The Kier molecular flexibility index (Phi) is 4.48. The molecule has 1 N–H and O–H groups in total. The summed E-state index contributed by atoms with van der Waals surface area (Å²) in [4.78, 5) is 12.4. The molecular formula is C15H18F3NO. The topological polar surface area (TPSA) is 29.1 Å². The van der Waals surface area contributed by atoms with Crippen LogP contribution in [-0.2, 0) is 6.18 Å². The van der Waals surface area contributed by atoms with E-state index >= 15 is 0 Å². The fourth-order valence-corrected chi connectivity index (χ4v) is 2.56. The lowest BCUT2D eigenvalue weighted by Gasteiger charge is -2.17. The summed E-state index contributed by atoms with van der Waals surface area (Å²) in [5.74, 6) is -0.0990. The number of halogens is 3. The van der Waals surface area contributed by atoms with Gasteiger partial charge in [0.2, 0.25) is 0 Å². The molecule has 1 fully saturated rings. The molecule has 20 heavy (non-hydrogen) atoms. The maximum absolute atomic E-state index is 12.6. The summed E-state index contributed by atoms with van der Waals surface area (Å²) in [6.07, 6.45) is -0.520. The number of hydrogen-bond acceptors (Lipinski definition) is 2. The van der Waals surface area contributed by atoms with Crippen LogP contribution < -0.4 is 5.32 Å². The first-order chi connectivity index (χ1) is 9.39. The Balaban J connectivity index is 2.22. The van der Waals surface area contributed by atoms with Crippen LogP contribution in [0.4, 0.5) is 13.2 Å². The van der Waals surface area contributed by atoms with Crippen LogP contribution >= 0.6 is 0 Å². The molecule has 0 spiro atoms. The number of carbonyl (C=O) groups is 1. The van der Waals surface area contributed by atoms with Crippen LogP contribution in [0.3, 0.4) is 0 Å². The van der Waals surface area contributed by atoms with Gasteiger partial charge in [0.1, 0.15) is 0 Å². The first-order valence-electron chi connectivity index (χ1n) is 6.85. The molecule has 5 heteroatoms. The van der Waals surface area contributed by atoms with Crippen molar-refractivity contribution in [3.8, 4) is 0 Å². The normalized spacial score (nSPS) is 20.5. The van der Waals surface area contributed by atoms with Crippen molar-refractivity contribution in [3.63, 3.8) is 0 Å². The van der Waals surface area contributed by atoms with Crippen LogP contribution in [0, 0.1) is 6.92 Å². The second-order valence-corrected chi connectivity index (χ2v) is 5.25. The Morgan fingerprint density at radius 2 is 2.00 bits per heavy atom. The highest BCUT2D eigenvalue weighted by atomic mass is 19.4. The summed E-state index contributed by atoms with van der Waals surface area (Å²) < 4.78 is 37.8. The fraction of sp³-hybridized carbons (Fsp3) is 0.533. The van der Waals surface area contributed by atoms with Gasteiger partial charge in [0.15, 0.2) is 5.78 Å². The Labute approximate surface area is 116 Å². The van der Waals surface area contributed by atoms with Crippen LogP contribution in [-0.4, -0.2) is 18.4 Å². The molecule has 1 aromatic carbocycles. The minimum absolute atomic E-state index is 0.0990. The van der Waals surface area contributed by atoms with Crippen molar-refractivity contribution in [2.45, 2.75) is 44.8 Å². The lowest BCUT2D eigenvalue weighted by atomic mass is 9.95. The molecule has 1 heterocycles. The molecule has 0 amide bonds. The van der Waals surface area contributed by atoms with E-state index in [0.717, 1.165) is 44.4 Å². The summed E-state index contributed by atoms with van der Waals surface area (Å²) in [7, 11) is 0. The molecule has 110 valence electrons. The third kappa shape index (κ3) is 3.39. The van der Waals surface area contributed by atoms with E-state index in [1.54, 1.807) is 6.92 Å². The van der Waals surface area contributed by atoms with E-state index in [4.69, 9.17) is 0 Å². The van der Waals surface area contributed by atoms with Crippen LogP contribution in [0.5, 0.6) is 0 Å². The number of benzene rings is 1. The van der Waals surface area contributed by atoms with E-state index in [9.17, 15) is 18.0 Å². The van der Waals surface area contributed by atoms with Gasteiger partial charge in [0, 0.05) is 5.56 Å². The van der Waals surface area contributed by atoms with Crippen LogP contribution in [0.1, 0.15) is 47.2 Å². The molecule has 2 rings (SSSR count). The van der Waals surface area contributed by atoms with Crippen molar-refractivity contribution in [2.24, 2.45) is 0 Å². The van der Waals surface area contributed by atoms with Gasteiger partial charge in [-0.2, -0.15) is 13.2 Å². The molecule has 2 nitrogen and oxygen atoms in total. The summed E-state index contributed by atoms with van der Waals surface area (Å²) in [6.45, 7) is 2.34. The minimum Gasteiger partial charge on any atom is -0.307 e. The van der Waals surface area contributed by atoms with Gasteiger partial charge >= 0.3 is 6.18 Å². The summed E-state index contributed by atoms with van der Waals surface area (Å²) >= 11 is 0. The molecule has 1 saturated heterocycles. The highest BCUT2D eigenvalue weighted by molar-refractivity contribution is 6.01. The van der Waals surface area contributed by atoms with E-state index in [1.807, 2.05) is 0 Å². The average Bonchev–Trinajstić information content (AvgIpc) is 2.65. The molecule has 1 atom stereocenters. The molecule has 0 radical (unpaired) electrons. The van der Waals surface area contributed by atoms with Crippen molar-refractivity contribution in [1.82, 2.24) is 5.32 Å². The molecule has 1 unspecified atom stereocenters. The molecule has 1 aliphatic rings. The molecule has 1 aliphatic heterocycles. The zero-order valence-corrected chi connectivity index (χ0v) is 11.4. The van der Waals surface area contributed by atoms with Crippen molar-refractivity contribution in [2.75, 3.05) is 6.54 Å². The smallest absolute Gasteiger partial charge is 0.307 e. The number of aryl methyl sites for hydroxylation is 1. The number of nitrogens with one attached hydrogen (secondary N) is 1. The molecule has 0 aromatic heterocycles. The Bertz CT molecular complexity index is 488. The SMILES string of the molecule is Cc1cc(C(F)(F)F)ccc1C(=O)C1CCCCCN1. The second kappa shape index (κ2) is 5.95. The first-order valence-corrected chi connectivity index (χ1v) is 6.85. The number of hydrogen-bond donors (Lipinski definition) is 1. The standard InChI is InChI=1S/C15H18F3NO/c1-10-9-11(15(16,17)18)6-7-12(10)14(20)13-5-3-2-4-8-19-13/h6-7,9,13,19H,2-5,8H2,1H3. The third-order valence-corrected chi connectivity index (χ3v) is 3.70. The van der Waals surface area contributed by atoms with Gasteiger partial charge in [0.25, 0.3) is 0 Å². The van der Waals surface area contributed by atoms with Crippen molar-refractivity contribution >= 4 is 5.78 Å². The number of carbonyl (C=O) groups excluding carboxylic acids is 1. The maximum atomic E-state index is 12.6. The van der Waals surface area contributed by atoms with E-state index in [1.165, 1.54) is 6.07 Å². The molecule has 0 bridgehead atoms. The van der Waals surface area contributed by atoms with Gasteiger partial charge in [-0.3, -0.25) is 4.79 Å². The Morgan fingerprint density at radius 3 is 2.65 bits per heavy atom. The highest BCUT2D eigenvalue weighted by Crippen LogP contribution is 2.30. The second-order valence-electron chi connectivity index (χ2n) is 5.25. The van der Waals surface area contributed by atoms with E-state index in [-0.39, 0.29) is 11.8 Å². The summed E-state index contributed by atoms with van der Waals surface area (Å²) in [6, 6.07) is 3.06. The lowest BCUT2D eigenvalue weighted by molar-refractivity contribution is -0.137. The number of ketones is 1. The van der Waals surface area contributed by atoms with Gasteiger partial charge in [-0.1, -0.05) is 18.9 Å². The molecule has 0 aliphatic carbocycles. The zero-order valence-electron chi connectivity index (χ0n) is 11.4. The van der Waals surface area contributed by atoms with Crippen LogP contribution in [0.2, 0.25) is 0 Å². The summed E-state index contributed by atoms with van der Waals surface area (Å²) in [5.41, 5.74) is 0.0636. The Hall–Kier alpha value is -1.36. The zero-order chi connectivity index (χ0) is 14.8. The van der Waals surface area contributed by atoms with E-state index < -0.39 is 11.7 Å². The monoisotopic (exact) mass is 285 g/mol. The first kappa shape index (κ1) is 15.0. The van der Waals surface area contributed by atoms with Crippen molar-refractivity contribution in [3.05, 3.63) is 34.9 Å². The fourth-order valence-electron chi connectivity index (χ4n) is 2.56. The van der Waals surface area contributed by atoms with E-state index in [0.29, 0.717) is 11.1 Å². The predicted octanol–water partition coefficient (Wildman–Crippen LogP) is 3.73. The van der Waals surface area contributed by atoms with Gasteiger partial charge in [0.05, 0.1) is 11.6 Å². The maximum Gasteiger partial charge on any atom is 0.416 e. The quantitative estimate of drug-likeness (QED) is 0.839. The molecule has 1 aromatic rings. The highest BCUT2D eigenvalue weighted by Gasteiger charge is 2.31. The average molecular weight is 285 g/mol. The third-order valence-electron chi connectivity index (χ3n) is 3.70. The van der Waals surface area contributed by atoms with Gasteiger partial charge in [-0.05, 0) is 44.0 Å². The van der Waals surface area contributed by atoms with Crippen LogP contribution in [0.25, 0.3) is 0 Å². The van der Waals surface area contributed by atoms with Crippen LogP contribution in [0.15, 0.2) is 18.2 Å². The lowest BCUT2D eigenvalue weighted by Crippen LogP contribution is -2.36. The van der Waals surface area contributed by atoms with Crippen molar-refractivity contribution < 1.29 is 18.0 Å². The van der Waals surface area contributed by atoms with Gasteiger partial charge in [-0.25, -0.2) is 0 Å². The molecule has 0 saturated carbocycles. The number of alkyl halides is 3. The predicted molar refractivity (Wildman–Crippen MR) is 70.8 cm³/mol. The largest absolute Gasteiger partial charge is 0.416 e. The summed E-state index contributed by atoms with van der Waals surface area (Å²) in [5, 5.41) is 3.18. The van der Waals surface area contributed by atoms with Gasteiger partial charge in [-0.15, -0.1) is 0 Å². The van der Waals surface area contributed by atoms with Crippen molar-refractivity contribution in [1.29, 1.82) is 0 Å². The molecular weight excluding hydrogens is 267 g/mol. The number of rotatable bonds is 2. The minimum atomic E-state index is -4.37. The number of Topliss-reactive ketones (excluding diaryl/α,β-unsaturated/α-hetero) is 1. The van der Waals surface area contributed by atoms with Gasteiger partial charge < -0.3 is 5.32 Å². The Morgan fingerprint density at radius 1 is 1.25 bits per heavy atom.